The summed E-state index contributed by atoms with van der Waals surface area (Å²) >= 11 is 0. The van der Waals surface area contributed by atoms with E-state index in [9.17, 15) is 0 Å². The Kier molecular flexibility index (Phi) is 4.48. The molecule has 0 aromatic heterocycles. The third kappa shape index (κ3) is 3.03. The van der Waals surface area contributed by atoms with Crippen LogP contribution in [0.1, 0.15) is 52.9 Å². The maximum atomic E-state index is 3.59. The number of likely N-dealkylation sites (tertiary alicyclic amines) is 1. The topological polar surface area (TPSA) is 15.3 Å². The third-order valence-corrected chi connectivity index (χ3v) is 5.42. The van der Waals surface area contributed by atoms with Crippen molar-refractivity contribution in [3.8, 4) is 0 Å². The molecule has 2 heteroatoms. The van der Waals surface area contributed by atoms with Gasteiger partial charge in [0.2, 0.25) is 0 Å². The Balaban J connectivity index is 1.86. The predicted octanol–water partition coefficient (Wildman–Crippen LogP) is 2.89. The number of rotatable bonds is 3. The van der Waals surface area contributed by atoms with Gasteiger partial charge in [-0.2, -0.15) is 0 Å². The number of nitrogens with one attached hydrogen (secondary N) is 1. The fraction of sp³-hybridized carbons (Fsp3) is 1.00. The fourth-order valence-electron chi connectivity index (χ4n) is 3.73. The van der Waals surface area contributed by atoms with Crippen LogP contribution in [0.25, 0.3) is 0 Å². The molecule has 0 spiro atoms. The number of hydrogen-bond donors (Lipinski definition) is 1. The van der Waals surface area contributed by atoms with Crippen LogP contribution < -0.4 is 5.32 Å². The van der Waals surface area contributed by atoms with Crippen LogP contribution in [-0.4, -0.2) is 37.1 Å². The highest BCUT2D eigenvalue weighted by atomic mass is 15.2. The molecule has 0 bridgehead atoms. The van der Waals surface area contributed by atoms with Crippen molar-refractivity contribution in [1.29, 1.82) is 0 Å². The van der Waals surface area contributed by atoms with Gasteiger partial charge in [-0.25, -0.2) is 0 Å². The van der Waals surface area contributed by atoms with E-state index in [1.165, 1.54) is 58.3 Å². The van der Waals surface area contributed by atoms with Gasteiger partial charge in [-0.1, -0.05) is 33.6 Å². The first-order valence-electron chi connectivity index (χ1n) is 7.64. The molecule has 0 radical (unpaired) electrons. The first-order valence-corrected chi connectivity index (χ1v) is 7.64. The molecule has 1 N–H and O–H groups in total. The first-order chi connectivity index (χ1) is 8.19. The van der Waals surface area contributed by atoms with Crippen molar-refractivity contribution >= 4 is 0 Å². The van der Waals surface area contributed by atoms with E-state index < -0.39 is 0 Å². The predicted molar refractivity (Wildman–Crippen MR) is 74.3 cm³/mol. The molecule has 0 aliphatic carbocycles. The van der Waals surface area contributed by atoms with Crippen LogP contribution in [0.2, 0.25) is 0 Å². The smallest absolute Gasteiger partial charge is 0.0223 e. The molecule has 2 fully saturated rings. The highest BCUT2D eigenvalue weighted by Crippen LogP contribution is 2.38. The first kappa shape index (κ1) is 13.4. The van der Waals surface area contributed by atoms with Crippen molar-refractivity contribution in [2.75, 3.05) is 26.2 Å². The molecule has 2 saturated heterocycles. The maximum Gasteiger partial charge on any atom is 0.0223 e. The molecule has 2 atom stereocenters. The highest BCUT2D eigenvalue weighted by molar-refractivity contribution is 4.89. The third-order valence-electron chi connectivity index (χ3n) is 5.42. The minimum atomic E-state index is 0.671. The van der Waals surface area contributed by atoms with E-state index in [1.807, 2.05) is 0 Å². The average molecular weight is 238 g/mol. The fourth-order valence-corrected chi connectivity index (χ4v) is 3.73. The second kappa shape index (κ2) is 5.71. The second-order valence-corrected chi connectivity index (χ2v) is 6.40. The molecule has 100 valence electrons. The monoisotopic (exact) mass is 238 g/mol. The summed E-state index contributed by atoms with van der Waals surface area (Å²) in [5.74, 6) is 0.859. The van der Waals surface area contributed by atoms with E-state index >= 15 is 0 Å². The number of piperidine rings is 2. The molecule has 2 rings (SSSR count). The van der Waals surface area contributed by atoms with Gasteiger partial charge < -0.3 is 5.32 Å². The van der Waals surface area contributed by atoms with E-state index in [4.69, 9.17) is 0 Å². The Morgan fingerprint density at radius 1 is 1.12 bits per heavy atom. The molecular weight excluding hydrogens is 208 g/mol. The summed E-state index contributed by atoms with van der Waals surface area (Å²) in [5, 5.41) is 3.59. The van der Waals surface area contributed by atoms with E-state index in [-0.39, 0.29) is 0 Å². The van der Waals surface area contributed by atoms with Crippen LogP contribution >= 0.6 is 0 Å². The summed E-state index contributed by atoms with van der Waals surface area (Å²) in [6.07, 6.45) is 6.99. The molecular formula is C15H30N2. The Morgan fingerprint density at radius 3 is 2.29 bits per heavy atom. The minimum absolute atomic E-state index is 0.671. The van der Waals surface area contributed by atoms with Crippen molar-refractivity contribution in [2.24, 2.45) is 11.3 Å². The lowest BCUT2D eigenvalue weighted by Gasteiger charge is -2.45. The summed E-state index contributed by atoms with van der Waals surface area (Å²) in [5.41, 5.74) is 0.671. The van der Waals surface area contributed by atoms with Gasteiger partial charge >= 0.3 is 0 Å². The van der Waals surface area contributed by atoms with Crippen molar-refractivity contribution in [2.45, 2.75) is 58.9 Å². The highest BCUT2D eigenvalue weighted by Gasteiger charge is 2.34. The molecule has 17 heavy (non-hydrogen) atoms. The summed E-state index contributed by atoms with van der Waals surface area (Å²) in [6.45, 7) is 12.2. The van der Waals surface area contributed by atoms with Gasteiger partial charge in [-0.3, -0.25) is 4.90 Å². The molecule has 2 heterocycles. The lowest BCUT2D eigenvalue weighted by molar-refractivity contribution is 0.0508. The SMILES string of the molecule is CCC1(CC)CCN(C2CNCC(C)C2)CC1. The zero-order valence-corrected chi connectivity index (χ0v) is 12.0. The van der Waals surface area contributed by atoms with E-state index in [1.54, 1.807) is 0 Å². The maximum absolute atomic E-state index is 3.59. The normalized spacial score (nSPS) is 34.8. The van der Waals surface area contributed by atoms with Crippen LogP contribution in [-0.2, 0) is 0 Å². The van der Waals surface area contributed by atoms with Gasteiger partial charge in [0.1, 0.15) is 0 Å². The van der Waals surface area contributed by atoms with E-state index in [2.05, 4.69) is 31.0 Å². The summed E-state index contributed by atoms with van der Waals surface area (Å²) < 4.78 is 0. The molecule has 0 saturated carbocycles. The van der Waals surface area contributed by atoms with Gasteiger partial charge in [-0.15, -0.1) is 0 Å². The number of nitrogens with zero attached hydrogens (tertiary/aromatic N) is 1. The second-order valence-electron chi connectivity index (χ2n) is 6.40. The van der Waals surface area contributed by atoms with E-state index in [0.29, 0.717) is 5.41 Å². The molecule has 2 aliphatic rings. The summed E-state index contributed by atoms with van der Waals surface area (Å²) in [7, 11) is 0. The van der Waals surface area contributed by atoms with Gasteiger partial charge in [0.25, 0.3) is 0 Å². The Morgan fingerprint density at radius 2 is 1.76 bits per heavy atom. The molecule has 0 amide bonds. The summed E-state index contributed by atoms with van der Waals surface area (Å²) in [4.78, 5) is 2.76. The van der Waals surface area contributed by atoms with Crippen LogP contribution in [0.4, 0.5) is 0 Å². The standard InChI is InChI=1S/C15H30N2/c1-4-15(5-2)6-8-17(9-7-15)14-10-13(3)11-16-12-14/h13-14,16H,4-12H2,1-3H3. The van der Waals surface area contributed by atoms with Crippen molar-refractivity contribution < 1.29 is 0 Å². The molecule has 2 nitrogen and oxygen atoms in total. The lowest BCUT2D eigenvalue weighted by Crippen LogP contribution is -2.52. The van der Waals surface area contributed by atoms with Gasteiger partial charge in [0, 0.05) is 12.6 Å². The summed E-state index contributed by atoms with van der Waals surface area (Å²) in [6, 6.07) is 0.811. The molecule has 2 unspecified atom stereocenters. The van der Waals surface area contributed by atoms with Crippen LogP contribution in [0.15, 0.2) is 0 Å². The zero-order chi connectivity index (χ0) is 12.3. The van der Waals surface area contributed by atoms with Crippen molar-refractivity contribution in [3.63, 3.8) is 0 Å². The van der Waals surface area contributed by atoms with Crippen LogP contribution in [0, 0.1) is 11.3 Å². The quantitative estimate of drug-likeness (QED) is 0.813. The Labute approximate surface area is 107 Å². The minimum Gasteiger partial charge on any atom is -0.315 e. The largest absolute Gasteiger partial charge is 0.315 e. The Bertz CT molecular complexity index is 225. The number of hydrogen-bond acceptors (Lipinski definition) is 2. The Hall–Kier alpha value is -0.0800. The van der Waals surface area contributed by atoms with E-state index in [0.717, 1.165) is 12.0 Å². The van der Waals surface area contributed by atoms with Crippen molar-refractivity contribution in [1.82, 2.24) is 10.2 Å². The van der Waals surface area contributed by atoms with Gasteiger partial charge in [-0.05, 0) is 50.2 Å². The zero-order valence-electron chi connectivity index (χ0n) is 12.0. The average Bonchev–Trinajstić information content (AvgIpc) is 2.39. The van der Waals surface area contributed by atoms with Gasteiger partial charge in [0.15, 0.2) is 0 Å². The molecule has 0 aromatic carbocycles. The molecule has 0 aromatic rings. The van der Waals surface area contributed by atoms with Crippen LogP contribution in [0.5, 0.6) is 0 Å². The van der Waals surface area contributed by atoms with Gasteiger partial charge in [0.05, 0.1) is 0 Å². The van der Waals surface area contributed by atoms with Crippen molar-refractivity contribution in [3.05, 3.63) is 0 Å². The lowest BCUT2D eigenvalue weighted by atomic mass is 9.73. The van der Waals surface area contributed by atoms with Crippen LogP contribution in [0.3, 0.4) is 0 Å². The molecule has 2 aliphatic heterocycles.